The van der Waals surface area contributed by atoms with E-state index in [1.54, 1.807) is 4.70 Å². The molecule has 98 heavy (non-hydrogen) atoms. The Bertz CT molecular complexity index is 2020. The van der Waals surface area contributed by atoms with Gasteiger partial charge < -0.3 is 5.53 Å². The van der Waals surface area contributed by atoms with Crippen LogP contribution in [-0.4, -0.2) is 4.70 Å². The Balaban J connectivity index is 0.00000226. The van der Waals surface area contributed by atoms with Crippen molar-refractivity contribution in [1.82, 2.24) is 0 Å². The summed E-state index contributed by atoms with van der Waals surface area (Å²) >= 11 is 1.99. The molecule has 0 bridgehead atoms. The number of allylic oxidation sites excluding steroid dienone is 2. The fraction of sp³-hybridized carbons (Fsp3) is 0.832. The van der Waals surface area contributed by atoms with Crippen LogP contribution in [-0.2, 0) is 27.3 Å². The minimum absolute atomic E-state index is 1.03. The average Bonchev–Trinajstić information content (AvgIpc) is 1.61. The van der Waals surface area contributed by atoms with Gasteiger partial charge in [-0.05, 0) is 86.8 Å². The van der Waals surface area contributed by atoms with Crippen molar-refractivity contribution in [2.24, 2.45) is 0 Å². The van der Waals surface area contributed by atoms with Crippen LogP contribution in [0.5, 0.6) is 0 Å². The summed E-state index contributed by atoms with van der Waals surface area (Å²) in [6.07, 6.45) is 99.2. The van der Waals surface area contributed by atoms with Gasteiger partial charge in [-0.25, -0.2) is 4.70 Å². The molecular formula is C95H172N2Ni. The number of hydrogen-bond donors (Lipinski definition) is 0. The van der Waals surface area contributed by atoms with Gasteiger partial charge in [0.15, 0.2) is 0 Å². The van der Waals surface area contributed by atoms with E-state index in [0.717, 1.165) is 37.1 Å². The molecule has 0 radical (unpaired) electrons. The van der Waals surface area contributed by atoms with Crippen LogP contribution in [0, 0.1) is 0 Å². The zero-order chi connectivity index (χ0) is 70.2. The molecule has 3 heteroatoms. The summed E-state index contributed by atoms with van der Waals surface area (Å²) in [6, 6.07) is 18.7. The molecule has 0 unspecified atom stereocenters. The van der Waals surface area contributed by atoms with Gasteiger partial charge in [-0.3, -0.25) is 0 Å². The van der Waals surface area contributed by atoms with Gasteiger partial charge >= 0.3 is 90.4 Å². The standard InChI is InChI=1S/C83H146N2.2C6H13.Ni/c1-5-9-13-16-18-20-22-24-26-28-30-32-34-36-38-40-42-44-46-48-50-52-54-56-58-61-64-76-68-72-78(73-69-76)82-80(66-60-12-8-4)81(67-63-15-11-7-3)83(85(82)84)79-74-70-77(71-75-79)65-62-59-57-55-53-51-49-47-45-43-41-39-37-35-33-31-29-27-25-23-21-19-17-14-10-6-2;2*1-3-5-6-4-2;/h68-75H,5-67H2,1-4H3;2*1,3-6H2,2H3;. The predicted molar refractivity (Wildman–Crippen MR) is 440 cm³/mol. The molecule has 0 atom stereocenters. The molecule has 1 heterocycles. The molecule has 2 aromatic carbocycles. The van der Waals surface area contributed by atoms with Crippen LogP contribution in [0.25, 0.3) is 16.9 Å². The Hall–Kier alpha value is -1.99. The van der Waals surface area contributed by atoms with E-state index in [2.05, 4.69) is 90.1 Å². The van der Waals surface area contributed by atoms with Crippen LogP contribution in [0.4, 0.5) is 0 Å². The van der Waals surface area contributed by atoms with Crippen molar-refractivity contribution in [3.63, 3.8) is 0 Å². The Morgan fingerprint density at radius 2 is 0.367 bits per heavy atom. The van der Waals surface area contributed by atoms with Gasteiger partial charge in [0.2, 0.25) is 11.4 Å². The van der Waals surface area contributed by atoms with Gasteiger partial charge in [0.1, 0.15) is 0 Å². The van der Waals surface area contributed by atoms with Crippen molar-refractivity contribution >= 4 is 11.4 Å². The molecule has 2 aromatic rings. The summed E-state index contributed by atoms with van der Waals surface area (Å²) in [4.78, 5) is 0. The Kier molecular flexibility index (Phi) is 68.9. The molecule has 3 rings (SSSR count). The number of hydrogen-bond acceptors (Lipinski definition) is 0. The van der Waals surface area contributed by atoms with E-state index >= 15 is 0 Å². The van der Waals surface area contributed by atoms with E-state index in [1.165, 1.54) is 474 Å². The van der Waals surface area contributed by atoms with E-state index < -0.39 is 0 Å². The topological polar surface area (TPSA) is 25.3 Å². The molecule has 0 fully saturated rings. The van der Waals surface area contributed by atoms with E-state index in [0.29, 0.717) is 0 Å². The van der Waals surface area contributed by atoms with Crippen molar-refractivity contribution in [2.45, 2.75) is 508 Å². The summed E-state index contributed by atoms with van der Waals surface area (Å²) in [6.45, 7) is 13.8. The van der Waals surface area contributed by atoms with Crippen LogP contribution >= 0.6 is 0 Å². The van der Waals surface area contributed by atoms with Crippen molar-refractivity contribution < 1.29 is 19.1 Å². The van der Waals surface area contributed by atoms with E-state index in [-0.39, 0.29) is 0 Å². The van der Waals surface area contributed by atoms with E-state index in [1.807, 2.05) is 14.4 Å². The van der Waals surface area contributed by atoms with Gasteiger partial charge in [-0.1, -0.05) is 405 Å². The second-order valence-electron chi connectivity index (χ2n) is 31.4. The van der Waals surface area contributed by atoms with Crippen LogP contribution < -0.4 is 0 Å². The first kappa shape index (κ1) is 92.1. The fourth-order valence-corrected chi connectivity index (χ4v) is 16.5. The van der Waals surface area contributed by atoms with Gasteiger partial charge in [-0.2, -0.15) is 0 Å². The number of rotatable bonds is 75. The van der Waals surface area contributed by atoms with Gasteiger partial charge in [0.05, 0.1) is 0 Å². The van der Waals surface area contributed by atoms with E-state index in [4.69, 9.17) is 0 Å². The van der Waals surface area contributed by atoms with Crippen LogP contribution in [0.2, 0.25) is 10.8 Å². The summed E-state index contributed by atoms with van der Waals surface area (Å²) < 4.78 is 1.62. The predicted octanol–water partition coefficient (Wildman–Crippen LogP) is 34.9. The monoisotopic (exact) mass is 1400 g/mol. The van der Waals surface area contributed by atoms with Crippen LogP contribution in [0.3, 0.4) is 0 Å². The van der Waals surface area contributed by atoms with E-state index in [9.17, 15) is 5.53 Å². The number of aryl methyl sites for hydroxylation is 2. The average molecular weight is 1400 g/mol. The number of unbranched alkanes of at least 4 members (excludes halogenated alkanes) is 61. The molecule has 0 saturated carbocycles. The Morgan fingerprint density at radius 1 is 0.204 bits per heavy atom. The van der Waals surface area contributed by atoms with Gasteiger partial charge in [-0.15, -0.1) is 0 Å². The molecule has 1 aliphatic heterocycles. The summed E-state index contributed by atoms with van der Waals surface area (Å²) in [5.41, 5.74) is 22.4. The second kappa shape index (κ2) is 73.3. The molecule has 572 valence electrons. The maximum absolute atomic E-state index is 12.3. The number of benzene rings is 2. The maximum atomic E-state index is 12.3. The fourth-order valence-electron chi connectivity index (χ4n) is 15.3. The van der Waals surface area contributed by atoms with Crippen LogP contribution in [0.1, 0.15) is 507 Å². The molecule has 0 aliphatic carbocycles. The first-order valence-electron chi connectivity index (χ1n) is 45.1. The molecule has 1 aliphatic rings. The van der Waals surface area contributed by atoms with Gasteiger partial charge in [0, 0.05) is 22.3 Å². The molecule has 0 spiro atoms. The van der Waals surface area contributed by atoms with Crippen molar-refractivity contribution in [3.05, 3.63) is 87.5 Å². The number of nitrogens with zero attached hydrogens (tertiary/aromatic N) is 2. The van der Waals surface area contributed by atoms with Crippen LogP contribution in [0.15, 0.2) is 59.7 Å². The minimum atomic E-state index is 1.03. The molecule has 2 nitrogen and oxygen atoms in total. The summed E-state index contributed by atoms with van der Waals surface area (Å²) in [5, 5.41) is 2.83. The third kappa shape index (κ3) is 53.7. The summed E-state index contributed by atoms with van der Waals surface area (Å²) in [5.74, 6) is 0. The molecule has 0 amide bonds. The molecule has 0 saturated heterocycles. The Morgan fingerprint density at radius 3 is 0.592 bits per heavy atom. The van der Waals surface area contributed by atoms with Crippen molar-refractivity contribution in [3.8, 4) is 0 Å². The first-order valence-corrected chi connectivity index (χ1v) is 46.5. The first-order chi connectivity index (χ1) is 48.6. The second-order valence-corrected chi connectivity index (χ2v) is 32.9. The zero-order valence-electron chi connectivity index (χ0n) is 67.4. The van der Waals surface area contributed by atoms with Gasteiger partial charge in [0.25, 0.3) is 0 Å². The molecular weight excluding hydrogens is 1230 g/mol. The van der Waals surface area contributed by atoms with Crippen molar-refractivity contribution in [2.75, 3.05) is 0 Å². The molecule has 0 N–H and O–H groups in total. The van der Waals surface area contributed by atoms with Crippen molar-refractivity contribution in [1.29, 1.82) is 0 Å². The zero-order valence-corrected chi connectivity index (χ0v) is 68.4. The molecule has 0 aromatic heterocycles. The third-order valence-electron chi connectivity index (χ3n) is 21.9. The Labute approximate surface area is 622 Å². The SMILES string of the molecule is CCCCCCCCCCCCCCCCCCCCCCCCCCCCc1ccc(C2=C(CCCCC)C(CCCCCC)=C(c3ccc(CCCCCCCCCCCCCCCCCCCCCCCCCCCC)cc3)[N+]2=[N-])cc1.CCCCC[CH2][Ni][CH2]CCCCC. The quantitative estimate of drug-likeness (QED) is 0.0358. The third-order valence-corrected chi connectivity index (χ3v) is 23.3. The normalized spacial score (nSPS) is 12.5. The summed E-state index contributed by atoms with van der Waals surface area (Å²) in [7, 11) is 0.